The lowest BCUT2D eigenvalue weighted by Crippen LogP contribution is -2.50. The number of fused-ring (bicyclic) bond motifs is 1. The van der Waals surface area contributed by atoms with E-state index < -0.39 is 28.3 Å². The maximum Gasteiger partial charge on any atom is 0.407 e. The predicted molar refractivity (Wildman–Crippen MR) is 173 cm³/mol. The largest absolute Gasteiger partial charge is 0.465 e. The summed E-state index contributed by atoms with van der Waals surface area (Å²) in [4.78, 5) is 25.9. The molecule has 1 fully saturated rings. The Morgan fingerprint density at radius 2 is 1.83 bits per heavy atom. The van der Waals surface area contributed by atoms with Crippen LogP contribution in [-0.2, 0) is 15.8 Å². The first kappa shape index (κ1) is 30.7. The number of piperidine rings is 1. The normalized spacial score (nSPS) is 16.6. The molecule has 236 valence electrons. The van der Waals surface area contributed by atoms with Gasteiger partial charge < -0.3 is 20.1 Å². The number of aromatic nitrogens is 3. The van der Waals surface area contributed by atoms with E-state index in [0.717, 1.165) is 10.5 Å². The number of ether oxygens (including phenoxy) is 1. The smallest absolute Gasteiger partial charge is 0.407 e. The lowest BCUT2D eigenvalue weighted by atomic mass is 10.0. The summed E-state index contributed by atoms with van der Waals surface area (Å²) >= 11 is 0. The minimum absolute atomic E-state index is 0.0316. The number of alkyl halides is 1. The summed E-state index contributed by atoms with van der Waals surface area (Å²) in [5.74, 6) is 0.707. The average Bonchev–Trinajstić information content (AvgIpc) is 3.04. The Morgan fingerprint density at radius 1 is 1.00 bits per heavy atom. The van der Waals surface area contributed by atoms with Gasteiger partial charge in [0.1, 0.15) is 11.9 Å². The summed E-state index contributed by atoms with van der Waals surface area (Å²) in [5.41, 5.74) is 2.88. The maximum absolute atomic E-state index is 14.7. The van der Waals surface area contributed by atoms with Gasteiger partial charge in [-0.15, -0.1) is 0 Å². The monoisotopic (exact) mass is 642 g/mol. The summed E-state index contributed by atoms with van der Waals surface area (Å²) in [6.07, 6.45) is 0.806. The van der Waals surface area contributed by atoms with Gasteiger partial charge in [-0.2, -0.15) is 0 Å². The Labute approximate surface area is 265 Å². The number of benzene rings is 3. The van der Waals surface area contributed by atoms with Crippen molar-refractivity contribution in [3.05, 3.63) is 102 Å². The van der Waals surface area contributed by atoms with Crippen LogP contribution < -0.4 is 14.8 Å². The summed E-state index contributed by atoms with van der Waals surface area (Å²) in [6.45, 7) is 1.98. The zero-order valence-electron chi connectivity index (χ0n) is 24.8. The Hall–Kier alpha value is -5.30. The minimum Gasteiger partial charge on any atom is -0.465 e. The van der Waals surface area contributed by atoms with Gasteiger partial charge in [0.2, 0.25) is 21.9 Å². The van der Waals surface area contributed by atoms with Crippen molar-refractivity contribution in [2.24, 2.45) is 0 Å². The quantitative estimate of drug-likeness (QED) is 0.170. The van der Waals surface area contributed by atoms with Gasteiger partial charge >= 0.3 is 6.09 Å². The Balaban J connectivity index is 1.28. The SMILES string of the molecule is Cc1ccc2c(NS(=O)(=O)Cc3ccccc3)cccc2c1Oc1ncccc1-c1ccnc(NC2CN(C(=O)O)CCC2F)n1. The molecule has 46 heavy (non-hydrogen) atoms. The van der Waals surface area contributed by atoms with E-state index in [1.54, 1.807) is 60.8 Å². The minimum atomic E-state index is -3.71. The molecule has 6 rings (SSSR count). The molecule has 3 N–H and O–H groups in total. The molecule has 2 unspecified atom stereocenters. The number of halogens is 1. The van der Waals surface area contributed by atoms with Gasteiger partial charge in [0.25, 0.3) is 0 Å². The fraction of sp³-hybridized carbons (Fsp3) is 0.212. The van der Waals surface area contributed by atoms with Crippen molar-refractivity contribution in [3.8, 4) is 22.9 Å². The van der Waals surface area contributed by atoms with Crippen molar-refractivity contribution in [2.75, 3.05) is 23.1 Å². The molecule has 5 aromatic rings. The number of amides is 1. The average molecular weight is 643 g/mol. The number of nitrogens with one attached hydrogen (secondary N) is 2. The molecule has 2 atom stereocenters. The molecule has 1 amide bonds. The molecule has 1 aliphatic rings. The number of aryl methyl sites for hydroxylation is 1. The number of hydrogen-bond acceptors (Lipinski definition) is 8. The fourth-order valence-corrected chi connectivity index (χ4v) is 6.62. The highest BCUT2D eigenvalue weighted by Crippen LogP contribution is 2.39. The van der Waals surface area contributed by atoms with Crippen molar-refractivity contribution in [2.45, 2.75) is 31.3 Å². The second kappa shape index (κ2) is 13.0. The molecule has 0 spiro atoms. The number of nitrogens with zero attached hydrogens (tertiary/aromatic N) is 4. The summed E-state index contributed by atoms with van der Waals surface area (Å²) < 4.78 is 49.9. The third-order valence-electron chi connectivity index (χ3n) is 7.69. The Morgan fingerprint density at radius 3 is 2.63 bits per heavy atom. The molecule has 11 nitrogen and oxygen atoms in total. The summed E-state index contributed by atoms with van der Waals surface area (Å²) in [5, 5.41) is 13.6. The van der Waals surface area contributed by atoms with Gasteiger partial charge in [-0.1, -0.05) is 54.6 Å². The van der Waals surface area contributed by atoms with Crippen LogP contribution in [0.3, 0.4) is 0 Å². The zero-order valence-corrected chi connectivity index (χ0v) is 25.6. The van der Waals surface area contributed by atoms with Gasteiger partial charge in [-0.3, -0.25) is 4.72 Å². The summed E-state index contributed by atoms with van der Waals surface area (Å²) in [6, 6.07) is 22.3. The van der Waals surface area contributed by atoms with Crippen molar-refractivity contribution in [3.63, 3.8) is 0 Å². The van der Waals surface area contributed by atoms with Gasteiger partial charge in [-0.25, -0.2) is 32.6 Å². The molecule has 0 saturated carbocycles. The molecule has 0 bridgehead atoms. The molecular weight excluding hydrogens is 611 g/mol. The van der Waals surface area contributed by atoms with E-state index in [1.165, 1.54) is 6.20 Å². The van der Waals surface area contributed by atoms with Crippen molar-refractivity contribution in [1.82, 2.24) is 19.9 Å². The zero-order chi connectivity index (χ0) is 32.3. The molecule has 3 heterocycles. The number of likely N-dealkylation sites (tertiary alicyclic amines) is 1. The van der Waals surface area contributed by atoms with Crippen LogP contribution in [0.5, 0.6) is 11.6 Å². The lowest BCUT2D eigenvalue weighted by Gasteiger charge is -2.33. The van der Waals surface area contributed by atoms with E-state index in [0.29, 0.717) is 39.0 Å². The Kier molecular flexibility index (Phi) is 8.66. The molecule has 1 saturated heterocycles. The first-order chi connectivity index (χ1) is 22.2. The van der Waals surface area contributed by atoms with Crippen LogP contribution in [-0.4, -0.2) is 64.8 Å². The van der Waals surface area contributed by atoms with E-state index in [1.807, 2.05) is 31.2 Å². The first-order valence-corrected chi connectivity index (χ1v) is 16.2. The van der Waals surface area contributed by atoms with Crippen molar-refractivity contribution < 1.29 is 27.4 Å². The fourth-order valence-electron chi connectivity index (χ4n) is 5.40. The van der Waals surface area contributed by atoms with Gasteiger partial charge in [0.05, 0.1) is 28.7 Å². The number of carboxylic acid groups (broad SMARTS) is 1. The number of hydrogen-bond donors (Lipinski definition) is 3. The predicted octanol–water partition coefficient (Wildman–Crippen LogP) is 6.24. The second-order valence-corrected chi connectivity index (χ2v) is 12.7. The molecule has 13 heteroatoms. The topological polar surface area (TPSA) is 147 Å². The van der Waals surface area contributed by atoms with E-state index in [9.17, 15) is 22.7 Å². The highest BCUT2D eigenvalue weighted by Gasteiger charge is 2.32. The van der Waals surface area contributed by atoms with E-state index in [2.05, 4.69) is 25.0 Å². The lowest BCUT2D eigenvalue weighted by molar-refractivity contribution is 0.107. The number of rotatable bonds is 9. The number of anilines is 2. The third-order valence-corrected chi connectivity index (χ3v) is 8.93. The molecule has 0 radical (unpaired) electrons. The maximum atomic E-state index is 14.7. The van der Waals surface area contributed by atoms with E-state index >= 15 is 0 Å². The number of sulfonamides is 1. The van der Waals surface area contributed by atoms with Crippen LogP contribution in [0, 0.1) is 6.92 Å². The van der Waals surface area contributed by atoms with Crippen molar-refractivity contribution in [1.29, 1.82) is 0 Å². The number of pyridine rings is 1. The van der Waals surface area contributed by atoms with Crippen LogP contribution in [0.2, 0.25) is 0 Å². The van der Waals surface area contributed by atoms with Crippen LogP contribution in [0.1, 0.15) is 17.5 Å². The molecule has 0 aliphatic carbocycles. The van der Waals surface area contributed by atoms with Crippen LogP contribution in [0.4, 0.5) is 20.8 Å². The highest BCUT2D eigenvalue weighted by atomic mass is 32.2. The van der Waals surface area contributed by atoms with Crippen LogP contribution >= 0.6 is 0 Å². The van der Waals surface area contributed by atoms with E-state index in [4.69, 9.17) is 4.74 Å². The van der Waals surface area contributed by atoms with Gasteiger partial charge in [0, 0.05) is 36.3 Å². The van der Waals surface area contributed by atoms with Gasteiger partial charge in [0.15, 0.2) is 0 Å². The van der Waals surface area contributed by atoms with Crippen LogP contribution in [0.25, 0.3) is 22.0 Å². The van der Waals surface area contributed by atoms with E-state index in [-0.39, 0.29) is 37.1 Å². The Bertz CT molecular complexity index is 2000. The van der Waals surface area contributed by atoms with Gasteiger partial charge in [-0.05, 0) is 48.7 Å². The second-order valence-electron chi connectivity index (χ2n) is 11.0. The molecule has 2 aromatic heterocycles. The molecule has 3 aromatic carbocycles. The first-order valence-electron chi connectivity index (χ1n) is 14.6. The molecule has 1 aliphatic heterocycles. The van der Waals surface area contributed by atoms with Crippen molar-refractivity contribution >= 4 is 38.5 Å². The number of carbonyl (C=O) groups is 1. The summed E-state index contributed by atoms with van der Waals surface area (Å²) in [7, 11) is -3.71. The van der Waals surface area contributed by atoms with Crippen LogP contribution in [0.15, 0.2) is 91.3 Å². The highest BCUT2D eigenvalue weighted by molar-refractivity contribution is 7.91. The molecular formula is C33H31FN6O5S. The standard InChI is InChI=1S/C33H31FN6O5S/c1-21-12-13-23-24(9-5-11-28(23)39-46(43,44)20-22-7-3-2-4-8-22)30(21)45-31-25(10-6-16-35-31)27-14-17-36-32(37-27)38-29-19-40(33(41)42)18-15-26(29)34/h2-14,16-17,26,29,39H,15,18-20H2,1H3,(H,41,42)(H,36,37,38). The third kappa shape index (κ3) is 6.84.